The van der Waals surface area contributed by atoms with Crippen LogP contribution in [0.15, 0.2) is 24.3 Å². The topological polar surface area (TPSA) is 85.2 Å². The Morgan fingerprint density at radius 3 is 2.64 bits per heavy atom. The first-order valence-corrected chi connectivity index (χ1v) is 9.15. The number of amides is 1. The highest BCUT2D eigenvalue weighted by atomic mass is 32.2. The van der Waals surface area contributed by atoms with E-state index in [2.05, 4.69) is 10.3 Å². The standard InChI is InChI=1S/C14H18N4O3S/c1-22(20,21)11-6-8-17(9-7-11)14(19)10-18-13-5-3-2-4-12(13)15-16-18/h2-5,11H,6-10H2,1H3. The summed E-state index contributed by atoms with van der Waals surface area (Å²) in [5.74, 6) is -0.0531. The number of likely N-dealkylation sites (tertiary alicyclic amines) is 1. The molecule has 8 heteroatoms. The first kappa shape index (κ1) is 15.0. The number of aromatic nitrogens is 3. The van der Waals surface area contributed by atoms with Crippen LogP contribution in [0.25, 0.3) is 11.0 Å². The monoisotopic (exact) mass is 322 g/mol. The summed E-state index contributed by atoms with van der Waals surface area (Å²) in [6.45, 7) is 1.08. The van der Waals surface area contributed by atoms with Gasteiger partial charge in [-0.15, -0.1) is 5.10 Å². The molecule has 22 heavy (non-hydrogen) atoms. The zero-order valence-corrected chi connectivity index (χ0v) is 13.2. The maximum Gasteiger partial charge on any atom is 0.244 e. The van der Waals surface area contributed by atoms with Crippen molar-refractivity contribution in [2.75, 3.05) is 19.3 Å². The van der Waals surface area contributed by atoms with Crippen molar-refractivity contribution in [1.82, 2.24) is 19.9 Å². The van der Waals surface area contributed by atoms with Gasteiger partial charge >= 0.3 is 0 Å². The minimum Gasteiger partial charge on any atom is -0.341 e. The van der Waals surface area contributed by atoms with E-state index in [1.165, 1.54) is 6.26 Å². The van der Waals surface area contributed by atoms with Crippen LogP contribution in [0.5, 0.6) is 0 Å². The first-order valence-electron chi connectivity index (χ1n) is 7.20. The number of para-hydroxylation sites is 1. The van der Waals surface area contributed by atoms with Gasteiger partial charge in [0.1, 0.15) is 21.9 Å². The van der Waals surface area contributed by atoms with E-state index in [4.69, 9.17) is 0 Å². The van der Waals surface area contributed by atoms with Crippen LogP contribution in [0.2, 0.25) is 0 Å². The van der Waals surface area contributed by atoms with E-state index >= 15 is 0 Å². The quantitative estimate of drug-likeness (QED) is 0.820. The van der Waals surface area contributed by atoms with Gasteiger partial charge in [0.15, 0.2) is 0 Å². The van der Waals surface area contributed by atoms with Crippen LogP contribution in [0.3, 0.4) is 0 Å². The van der Waals surface area contributed by atoms with E-state index < -0.39 is 9.84 Å². The maximum absolute atomic E-state index is 12.4. The summed E-state index contributed by atoms with van der Waals surface area (Å²) in [5.41, 5.74) is 1.58. The number of rotatable bonds is 3. The van der Waals surface area contributed by atoms with Crippen LogP contribution in [0.4, 0.5) is 0 Å². The molecule has 0 aliphatic carbocycles. The minimum absolute atomic E-state index is 0.0531. The zero-order chi connectivity index (χ0) is 15.7. The molecule has 0 saturated carbocycles. The van der Waals surface area contributed by atoms with Gasteiger partial charge in [-0.3, -0.25) is 4.79 Å². The van der Waals surface area contributed by atoms with Gasteiger partial charge in [-0.25, -0.2) is 13.1 Å². The van der Waals surface area contributed by atoms with Crippen molar-refractivity contribution in [3.63, 3.8) is 0 Å². The third-order valence-electron chi connectivity index (χ3n) is 4.11. The Kier molecular flexibility index (Phi) is 3.86. The number of nitrogens with zero attached hydrogens (tertiary/aromatic N) is 4. The second-order valence-electron chi connectivity index (χ2n) is 5.65. The number of sulfone groups is 1. The molecule has 1 fully saturated rings. The van der Waals surface area contributed by atoms with E-state index in [0.29, 0.717) is 25.9 Å². The summed E-state index contributed by atoms with van der Waals surface area (Å²) < 4.78 is 24.7. The van der Waals surface area contributed by atoms with Crippen LogP contribution >= 0.6 is 0 Å². The molecule has 7 nitrogen and oxygen atoms in total. The summed E-state index contributed by atoms with van der Waals surface area (Å²) in [5, 5.41) is 7.70. The molecule has 118 valence electrons. The highest BCUT2D eigenvalue weighted by molar-refractivity contribution is 7.91. The molecule has 1 saturated heterocycles. The van der Waals surface area contributed by atoms with Gasteiger partial charge in [-0.2, -0.15) is 0 Å². The molecule has 1 aromatic heterocycles. The van der Waals surface area contributed by atoms with Gasteiger partial charge in [0.2, 0.25) is 5.91 Å². The van der Waals surface area contributed by atoms with Gasteiger partial charge in [0, 0.05) is 19.3 Å². The molecule has 0 unspecified atom stereocenters. The SMILES string of the molecule is CS(=O)(=O)C1CCN(C(=O)Cn2nnc3ccccc32)CC1. The van der Waals surface area contributed by atoms with Crippen LogP contribution in [-0.4, -0.2) is 58.8 Å². The Bertz CT molecular complexity index is 791. The molecule has 1 aliphatic rings. The van der Waals surface area contributed by atoms with Crippen LogP contribution in [0, 0.1) is 0 Å². The van der Waals surface area contributed by atoms with E-state index in [0.717, 1.165) is 11.0 Å². The van der Waals surface area contributed by atoms with Crippen molar-refractivity contribution >= 4 is 26.8 Å². The van der Waals surface area contributed by atoms with E-state index in [9.17, 15) is 13.2 Å². The largest absolute Gasteiger partial charge is 0.341 e. The molecule has 1 amide bonds. The molecule has 0 atom stereocenters. The molecule has 0 bridgehead atoms. The lowest BCUT2D eigenvalue weighted by Crippen LogP contribution is -2.43. The second kappa shape index (κ2) is 5.68. The van der Waals surface area contributed by atoms with E-state index in [1.54, 1.807) is 9.58 Å². The van der Waals surface area contributed by atoms with E-state index in [-0.39, 0.29) is 17.7 Å². The fourth-order valence-corrected chi connectivity index (χ4v) is 3.86. The fraction of sp³-hybridized carbons (Fsp3) is 0.500. The summed E-state index contributed by atoms with van der Waals surface area (Å²) in [6.07, 6.45) is 2.27. The molecular weight excluding hydrogens is 304 g/mol. The third kappa shape index (κ3) is 2.96. The molecular formula is C14H18N4O3S. The Balaban J connectivity index is 1.66. The average molecular weight is 322 g/mol. The number of fused-ring (bicyclic) bond motifs is 1. The minimum atomic E-state index is -3.02. The Hall–Kier alpha value is -1.96. The van der Waals surface area contributed by atoms with Crippen LogP contribution < -0.4 is 0 Å². The summed E-state index contributed by atoms with van der Waals surface area (Å²) in [6, 6.07) is 7.48. The summed E-state index contributed by atoms with van der Waals surface area (Å²) >= 11 is 0. The average Bonchev–Trinajstić information content (AvgIpc) is 2.90. The lowest BCUT2D eigenvalue weighted by molar-refractivity contribution is -0.132. The molecule has 1 aliphatic heterocycles. The Morgan fingerprint density at radius 1 is 1.27 bits per heavy atom. The van der Waals surface area contributed by atoms with Crippen LogP contribution in [0.1, 0.15) is 12.8 Å². The molecule has 0 radical (unpaired) electrons. The van der Waals surface area contributed by atoms with Crippen LogP contribution in [-0.2, 0) is 21.2 Å². The number of benzene rings is 1. The smallest absolute Gasteiger partial charge is 0.244 e. The van der Waals surface area contributed by atoms with Crippen molar-refractivity contribution in [3.8, 4) is 0 Å². The third-order valence-corrected chi connectivity index (χ3v) is 5.79. The van der Waals surface area contributed by atoms with Gasteiger partial charge in [0.25, 0.3) is 0 Å². The molecule has 1 aromatic carbocycles. The van der Waals surface area contributed by atoms with Gasteiger partial charge < -0.3 is 4.90 Å². The molecule has 0 spiro atoms. The van der Waals surface area contributed by atoms with Gasteiger partial charge in [-0.05, 0) is 25.0 Å². The van der Waals surface area contributed by atoms with Gasteiger partial charge in [-0.1, -0.05) is 17.3 Å². The Morgan fingerprint density at radius 2 is 1.95 bits per heavy atom. The number of carbonyl (C=O) groups excluding carboxylic acids is 1. The molecule has 3 rings (SSSR count). The first-order chi connectivity index (χ1) is 10.4. The molecule has 2 aromatic rings. The second-order valence-corrected chi connectivity index (χ2v) is 7.97. The lowest BCUT2D eigenvalue weighted by atomic mass is 10.1. The van der Waals surface area contributed by atoms with Crippen molar-refractivity contribution in [3.05, 3.63) is 24.3 Å². The highest BCUT2D eigenvalue weighted by Crippen LogP contribution is 2.18. The lowest BCUT2D eigenvalue weighted by Gasteiger charge is -2.31. The predicted molar refractivity (Wildman–Crippen MR) is 82.0 cm³/mol. The number of hydrogen-bond acceptors (Lipinski definition) is 5. The zero-order valence-electron chi connectivity index (χ0n) is 12.3. The fourth-order valence-electron chi connectivity index (χ4n) is 2.80. The number of carbonyl (C=O) groups is 1. The van der Waals surface area contributed by atoms with Crippen molar-refractivity contribution in [1.29, 1.82) is 0 Å². The summed E-state index contributed by atoms with van der Waals surface area (Å²) in [7, 11) is -3.02. The molecule has 2 heterocycles. The molecule has 0 N–H and O–H groups in total. The van der Waals surface area contributed by atoms with Gasteiger partial charge in [0.05, 0.1) is 10.8 Å². The number of piperidine rings is 1. The number of hydrogen-bond donors (Lipinski definition) is 0. The van der Waals surface area contributed by atoms with Crippen molar-refractivity contribution in [2.45, 2.75) is 24.6 Å². The van der Waals surface area contributed by atoms with E-state index in [1.807, 2.05) is 24.3 Å². The normalized spacial score (nSPS) is 17.0. The Labute approximate surface area is 128 Å². The maximum atomic E-state index is 12.4. The highest BCUT2D eigenvalue weighted by Gasteiger charge is 2.28. The summed E-state index contributed by atoms with van der Waals surface area (Å²) in [4.78, 5) is 14.1. The van der Waals surface area contributed by atoms with Crippen molar-refractivity contribution in [2.24, 2.45) is 0 Å². The van der Waals surface area contributed by atoms with Crippen molar-refractivity contribution < 1.29 is 13.2 Å². The predicted octanol–water partition coefficient (Wildman–Crippen LogP) is 0.467.